The molecule has 0 aromatic carbocycles. The predicted octanol–water partition coefficient (Wildman–Crippen LogP) is -1.67. The summed E-state index contributed by atoms with van der Waals surface area (Å²) in [6.45, 7) is 1.61. The van der Waals surface area contributed by atoms with Crippen LogP contribution in [0.15, 0.2) is 5.16 Å². The molecule has 1 aromatic rings. The first-order chi connectivity index (χ1) is 5.93. The summed E-state index contributed by atoms with van der Waals surface area (Å²) in [7, 11) is -1.98. The van der Waals surface area contributed by atoms with Crippen molar-refractivity contribution >= 4 is 9.84 Å². The maximum Gasteiger partial charge on any atom is 0.267 e. The SMILES string of the molecule is CC(N)CS(=O)(=O)c1nnnn1C. The van der Waals surface area contributed by atoms with Crippen LogP contribution in [0.3, 0.4) is 0 Å². The molecule has 1 atom stereocenters. The average Bonchev–Trinajstić information content (AvgIpc) is 2.32. The molecule has 13 heavy (non-hydrogen) atoms. The van der Waals surface area contributed by atoms with Crippen LogP contribution in [0.4, 0.5) is 0 Å². The second kappa shape index (κ2) is 3.38. The Morgan fingerprint density at radius 2 is 2.23 bits per heavy atom. The second-order valence-corrected chi connectivity index (χ2v) is 4.77. The molecule has 8 heteroatoms. The molecular formula is C5H11N5O2S. The van der Waals surface area contributed by atoms with Crippen LogP contribution in [0.2, 0.25) is 0 Å². The molecule has 0 saturated heterocycles. The molecule has 0 saturated carbocycles. The maximum atomic E-state index is 11.5. The van der Waals surface area contributed by atoms with Gasteiger partial charge >= 0.3 is 0 Å². The summed E-state index contributed by atoms with van der Waals surface area (Å²) in [6.07, 6.45) is 0. The highest BCUT2D eigenvalue weighted by molar-refractivity contribution is 7.91. The van der Waals surface area contributed by atoms with Crippen molar-refractivity contribution in [2.45, 2.75) is 18.1 Å². The summed E-state index contributed by atoms with van der Waals surface area (Å²) in [4.78, 5) is 0. The van der Waals surface area contributed by atoms with Crippen LogP contribution in [-0.2, 0) is 16.9 Å². The van der Waals surface area contributed by atoms with Crippen molar-refractivity contribution in [3.8, 4) is 0 Å². The van der Waals surface area contributed by atoms with E-state index in [0.29, 0.717) is 0 Å². The quantitative estimate of drug-likeness (QED) is 0.632. The molecule has 7 nitrogen and oxygen atoms in total. The van der Waals surface area contributed by atoms with Gasteiger partial charge in [-0.1, -0.05) is 5.10 Å². The van der Waals surface area contributed by atoms with E-state index in [-0.39, 0.29) is 10.9 Å². The third-order valence-corrected chi connectivity index (χ3v) is 3.21. The molecule has 0 fully saturated rings. The van der Waals surface area contributed by atoms with Gasteiger partial charge in [0.25, 0.3) is 5.16 Å². The Kier molecular flexibility index (Phi) is 2.62. The Hall–Kier alpha value is -1.02. The van der Waals surface area contributed by atoms with E-state index >= 15 is 0 Å². The molecule has 0 amide bonds. The Bertz CT molecular complexity index is 381. The number of aromatic nitrogens is 4. The third-order valence-electron chi connectivity index (χ3n) is 1.34. The van der Waals surface area contributed by atoms with Gasteiger partial charge in [0.1, 0.15) is 0 Å². The smallest absolute Gasteiger partial charge is 0.267 e. The highest BCUT2D eigenvalue weighted by Crippen LogP contribution is 2.04. The topological polar surface area (TPSA) is 104 Å². The lowest BCUT2D eigenvalue weighted by atomic mass is 10.4. The fourth-order valence-electron chi connectivity index (χ4n) is 0.905. The van der Waals surface area contributed by atoms with E-state index in [4.69, 9.17) is 5.73 Å². The number of nitrogens with two attached hydrogens (primary N) is 1. The van der Waals surface area contributed by atoms with Crippen molar-refractivity contribution in [2.24, 2.45) is 12.8 Å². The zero-order valence-corrected chi connectivity index (χ0v) is 8.19. The molecular weight excluding hydrogens is 194 g/mol. The zero-order chi connectivity index (χ0) is 10.1. The first-order valence-electron chi connectivity index (χ1n) is 3.64. The van der Waals surface area contributed by atoms with Gasteiger partial charge in [-0.15, -0.1) is 0 Å². The van der Waals surface area contributed by atoms with E-state index < -0.39 is 15.9 Å². The predicted molar refractivity (Wildman–Crippen MR) is 44.5 cm³/mol. The lowest BCUT2D eigenvalue weighted by Gasteiger charge is -2.04. The monoisotopic (exact) mass is 205 g/mol. The van der Waals surface area contributed by atoms with Crippen molar-refractivity contribution in [3.63, 3.8) is 0 Å². The summed E-state index contributed by atoms with van der Waals surface area (Å²) >= 11 is 0. The zero-order valence-electron chi connectivity index (χ0n) is 7.38. The van der Waals surface area contributed by atoms with Crippen LogP contribution in [0.1, 0.15) is 6.92 Å². The number of rotatable bonds is 3. The van der Waals surface area contributed by atoms with Gasteiger partial charge in [-0.05, 0) is 17.4 Å². The molecule has 74 valence electrons. The molecule has 0 aliphatic carbocycles. The van der Waals surface area contributed by atoms with E-state index in [1.165, 1.54) is 7.05 Å². The Morgan fingerprint density at radius 1 is 1.62 bits per heavy atom. The van der Waals surface area contributed by atoms with E-state index in [1.54, 1.807) is 6.92 Å². The molecule has 1 heterocycles. The lowest BCUT2D eigenvalue weighted by Crippen LogP contribution is -2.27. The summed E-state index contributed by atoms with van der Waals surface area (Å²) in [6, 6.07) is -0.429. The van der Waals surface area contributed by atoms with Crippen LogP contribution < -0.4 is 5.73 Å². The first-order valence-corrected chi connectivity index (χ1v) is 5.29. The molecule has 0 aliphatic rings. The second-order valence-electron chi connectivity index (χ2n) is 2.84. The molecule has 0 aliphatic heterocycles. The molecule has 1 rings (SSSR count). The molecule has 0 bridgehead atoms. The van der Waals surface area contributed by atoms with Gasteiger partial charge in [0, 0.05) is 13.1 Å². The average molecular weight is 205 g/mol. The van der Waals surface area contributed by atoms with Gasteiger partial charge in [-0.25, -0.2) is 13.1 Å². The number of sulfone groups is 1. The maximum absolute atomic E-state index is 11.5. The molecule has 1 unspecified atom stereocenters. The van der Waals surface area contributed by atoms with Crippen LogP contribution in [-0.4, -0.2) is 40.4 Å². The van der Waals surface area contributed by atoms with Crippen molar-refractivity contribution in [1.29, 1.82) is 0 Å². The molecule has 0 radical (unpaired) electrons. The van der Waals surface area contributed by atoms with Gasteiger partial charge in [-0.2, -0.15) is 0 Å². The van der Waals surface area contributed by atoms with E-state index in [1.807, 2.05) is 0 Å². The third kappa shape index (κ3) is 2.22. The standard InChI is InChI=1S/C5H11N5O2S/c1-4(6)3-13(11,12)5-7-8-9-10(5)2/h4H,3,6H2,1-2H3. The van der Waals surface area contributed by atoms with Gasteiger partial charge < -0.3 is 5.73 Å². The Balaban J connectivity index is 3.02. The number of tetrazole rings is 1. The van der Waals surface area contributed by atoms with E-state index in [9.17, 15) is 8.42 Å². The fourth-order valence-corrected chi connectivity index (χ4v) is 2.35. The van der Waals surface area contributed by atoms with Gasteiger partial charge in [0.15, 0.2) is 0 Å². The summed E-state index contributed by atoms with van der Waals surface area (Å²) in [5, 5.41) is 9.91. The number of aryl methyl sites for hydroxylation is 1. The van der Waals surface area contributed by atoms with Crippen LogP contribution >= 0.6 is 0 Å². The van der Waals surface area contributed by atoms with Crippen molar-refractivity contribution < 1.29 is 8.42 Å². The number of hydrogen-bond acceptors (Lipinski definition) is 6. The van der Waals surface area contributed by atoms with Gasteiger partial charge in [0.2, 0.25) is 9.84 Å². The van der Waals surface area contributed by atoms with E-state index in [2.05, 4.69) is 15.5 Å². The van der Waals surface area contributed by atoms with Gasteiger partial charge in [0.05, 0.1) is 5.75 Å². The number of nitrogens with zero attached hydrogens (tertiary/aromatic N) is 4. The lowest BCUT2D eigenvalue weighted by molar-refractivity contribution is 0.564. The molecule has 2 N–H and O–H groups in total. The van der Waals surface area contributed by atoms with Crippen molar-refractivity contribution in [2.75, 3.05) is 5.75 Å². The van der Waals surface area contributed by atoms with Crippen LogP contribution in [0.5, 0.6) is 0 Å². The Morgan fingerprint density at radius 3 is 2.62 bits per heavy atom. The highest BCUT2D eigenvalue weighted by atomic mass is 32.2. The van der Waals surface area contributed by atoms with Crippen molar-refractivity contribution in [3.05, 3.63) is 0 Å². The molecule has 1 aromatic heterocycles. The summed E-state index contributed by atoms with van der Waals surface area (Å²) < 4.78 is 24.1. The van der Waals surface area contributed by atoms with Crippen LogP contribution in [0.25, 0.3) is 0 Å². The van der Waals surface area contributed by atoms with Crippen LogP contribution in [0, 0.1) is 0 Å². The minimum Gasteiger partial charge on any atom is -0.327 e. The van der Waals surface area contributed by atoms with Gasteiger partial charge in [-0.3, -0.25) is 0 Å². The summed E-state index contributed by atoms with van der Waals surface area (Å²) in [5.41, 5.74) is 5.38. The number of hydrogen-bond donors (Lipinski definition) is 1. The van der Waals surface area contributed by atoms with E-state index in [0.717, 1.165) is 4.68 Å². The first kappa shape index (κ1) is 10.1. The fraction of sp³-hybridized carbons (Fsp3) is 0.800. The Labute approximate surface area is 75.8 Å². The highest BCUT2D eigenvalue weighted by Gasteiger charge is 2.22. The normalized spacial score (nSPS) is 14.4. The largest absolute Gasteiger partial charge is 0.327 e. The molecule has 0 spiro atoms. The minimum atomic E-state index is -3.45. The van der Waals surface area contributed by atoms with Crippen molar-refractivity contribution in [1.82, 2.24) is 20.2 Å². The summed E-state index contributed by atoms with van der Waals surface area (Å²) in [5.74, 6) is -0.152. The minimum absolute atomic E-state index is 0.148.